The zero-order valence-corrected chi connectivity index (χ0v) is 15.0. The Kier molecular flexibility index (Phi) is 6.45. The molecule has 1 amide bonds. The molecule has 1 N–H and O–H groups in total. The quantitative estimate of drug-likeness (QED) is 0.345. The van der Waals surface area contributed by atoms with Crippen LogP contribution in [0.3, 0.4) is 0 Å². The van der Waals surface area contributed by atoms with Gasteiger partial charge in [0, 0.05) is 6.07 Å². The van der Waals surface area contributed by atoms with Crippen molar-refractivity contribution in [2.24, 2.45) is 0 Å². The molecule has 27 heavy (non-hydrogen) atoms. The molecule has 0 spiro atoms. The van der Waals surface area contributed by atoms with Gasteiger partial charge in [0.2, 0.25) is 0 Å². The van der Waals surface area contributed by atoms with Crippen LogP contribution in [0.25, 0.3) is 0 Å². The predicted octanol–water partition coefficient (Wildman–Crippen LogP) is 3.78. The molecule has 0 saturated carbocycles. The van der Waals surface area contributed by atoms with E-state index in [1.807, 2.05) is 5.32 Å². The topological polar surface area (TPSA) is 98.5 Å². The van der Waals surface area contributed by atoms with Crippen LogP contribution in [0.5, 0.6) is 0 Å². The molecule has 0 fully saturated rings. The van der Waals surface area contributed by atoms with Gasteiger partial charge in [0.05, 0.1) is 15.4 Å². The first-order valence-electron chi connectivity index (χ1n) is 7.53. The van der Waals surface area contributed by atoms with E-state index < -0.39 is 40.2 Å². The molecule has 2 rings (SSSR count). The number of rotatable bonds is 6. The second kappa shape index (κ2) is 8.58. The van der Waals surface area contributed by atoms with Crippen LogP contribution in [-0.4, -0.2) is 29.2 Å². The summed E-state index contributed by atoms with van der Waals surface area (Å²) in [6.45, 7) is 1.21. The normalized spacial score (nSPS) is 11.6. The van der Waals surface area contributed by atoms with Gasteiger partial charge in [-0.1, -0.05) is 6.07 Å². The number of halogens is 2. The molecule has 0 aliphatic rings. The molecule has 0 radical (unpaired) electrons. The number of ether oxygens (including phenoxy) is 1. The predicted molar refractivity (Wildman–Crippen MR) is 94.7 cm³/mol. The second-order valence-corrected chi connectivity index (χ2v) is 6.13. The summed E-state index contributed by atoms with van der Waals surface area (Å²) in [6.07, 6.45) is 0.255. The summed E-state index contributed by atoms with van der Waals surface area (Å²) in [5.41, 5.74) is -1.07. The molecule has 0 unspecified atom stereocenters. The van der Waals surface area contributed by atoms with Crippen molar-refractivity contribution in [2.75, 3.05) is 11.6 Å². The first-order valence-corrected chi connectivity index (χ1v) is 8.75. The van der Waals surface area contributed by atoms with Gasteiger partial charge in [-0.3, -0.25) is 14.9 Å². The minimum absolute atomic E-state index is 0.128. The lowest BCUT2D eigenvalue weighted by Gasteiger charge is -2.14. The number of hydrogen-bond acceptors (Lipinski definition) is 6. The second-order valence-electron chi connectivity index (χ2n) is 5.28. The smallest absolute Gasteiger partial charge is 0.339 e. The van der Waals surface area contributed by atoms with Crippen LogP contribution in [0.1, 0.15) is 17.3 Å². The van der Waals surface area contributed by atoms with Crippen molar-refractivity contribution in [1.29, 1.82) is 0 Å². The number of carbonyl (C=O) groups is 2. The molecule has 0 heterocycles. The van der Waals surface area contributed by atoms with Crippen LogP contribution < -0.4 is 5.32 Å². The summed E-state index contributed by atoms with van der Waals surface area (Å²) in [5.74, 6) is -3.90. The van der Waals surface area contributed by atoms with Crippen LogP contribution >= 0.6 is 11.8 Å². The number of esters is 1. The van der Waals surface area contributed by atoms with Gasteiger partial charge >= 0.3 is 5.97 Å². The largest absolute Gasteiger partial charge is 0.449 e. The minimum atomic E-state index is -1.39. The Morgan fingerprint density at radius 2 is 1.85 bits per heavy atom. The summed E-state index contributed by atoms with van der Waals surface area (Å²) in [5, 5.41) is 13.1. The first-order chi connectivity index (χ1) is 12.7. The molecule has 10 heteroatoms. The number of nitrogens with one attached hydrogen (secondary N) is 1. The van der Waals surface area contributed by atoms with Crippen molar-refractivity contribution in [1.82, 2.24) is 0 Å². The molecule has 0 bridgehead atoms. The number of nitrogens with zero attached hydrogens (tertiary/aromatic N) is 1. The third-order valence-electron chi connectivity index (χ3n) is 3.48. The monoisotopic (exact) mass is 396 g/mol. The van der Waals surface area contributed by atoms with E-state index in [4.69, 9.17) is 4.74 Å². The number of nitro groups is 1. The van der Waals surface area contributed by atoms with E-state index in [2.05, 4.69) is 0 Å². The standard InChI is InChI=1S/C17H14F2N2O5S/c1-9(16(22)20-15-11(18)4-3-5-12(15)19)26-17(23)10-6-7-14(27-2)13(8-10)21(24)25/h3-9H,1-2H3,(H,20,22)/t9-/m1/s1. The number of carbonyl (C=O) groups excluding carboxylic acids is 2. The average Bonchev–Trinajstić information content (AvgIpc) is 2.63. The summed E-state index contributed by atoms with van der Waals surface area (Å²) in [6, 6.07) is 6.80. The number of nitro benzene ring substituents is 1. The fourth-order valence-corrected chi connectivity index (χ4v) is 2.63. The lowest BCUT2D eigenvalue weighted by molar-refractivity contribution is -0.387. The van der Waals surface area contributed by atoms with Crippen LogP contribution in [0, 0.1) is 21.7 Å². The van der Waals surface area contributed by atoms with Crippen molar-refractivity contribution in [3.05, 3.63) is 63.7 Å². The molecule has 142 valence electrons. The van der Waals surface area contributed by atoms with Gasteiger partial charge in [0.15, 0.2) is 6.10 Å². The molecule has 2 aromatic carbocycles. The molecule has 7 nitrogen and oxygen atoms in total. The van der Waals surface area contributed by atoms with E-state index >= 15 is 0 Å². The highest BCUT2D eigenvalue weighted by molar-refractivity contribution is 7.98. The fraction of sp³-hybridized carbons (Fsp3) is 0.176. The number of hydrogen-bond donors (Lipinski definition) is 1. The molecule has 1 atom stereocenters. The zero-order chi connectivity index (χ0) is 20.1. The molecule has 0 aliphatic carbocycles. The number of amides is 1. The van der Waals surface area contributed by atoms with Gasteiger partial charge < -0.3 is 10.1 Å². The number of anilines is 1. The van der Waals surface area contributed by atoms with E-state index in [-0.39, 0.29) is 11.3 Å². The molecule has 0 aliphatic heterocycles. The summed E-state index contributed by atoms with van der Waals surface area (Å²) < 4.78 is 32.1. The van der Waals surface area contributed by atoms with Gasteiger partial charge in [-0.05, 0) is 37.4 Å². The number of para-hydroxylation sites is 1. The Bertz CT molecular complexity index is 887. The minimum Gasteiger partial charge on any atom is -0.449 e. The highest BCUT2D eigenvalue weighted by Gasteiger charge is 2.23. The number of benzene rings is 2. The lowest BCUT2D eigenvalue weighted by atomic mass is 10.2. The molecular formula is C17H14F2N2O5S. The summed E-state index contributed by atoms with van der Waals surface area (Å²) in [7, 11) is 0. The maximum atomic E-state index is 13.6. The molecule has 0 aromatic heterocycles. The first kappa shape index (κ1) is 20.3. The van der Waals surface area contributed by atoms with Gasteiger partial charge in [-0.25, -0.2) is 13.6 Å². The Morgan fingerprint density at radius 1 is 1.22 bits per heavy atom. The molecule has 2 aromatic rings. The van der Waals surface area contributed by atoms with Gasteiger partial charge in [0.25, 0.3) is 11.6 Å². The molecule has 0 saturated heterocycles. The van der Waals surface area contributed by atoms with Gasteiger partial charge in [-0.15, -0.1) is 11.8 Å². The third-order valence-corrected chi connectivity index (χ3v) is 4.26. The highest BCUT2D eigenvalue weighted by atomic mass is 32.2. The highest BCUT2D eigenvalue weighted by Crippen LogP contribution is 2.28. The Morgan fingerprint density at radius 3 is 2.41 bits per heavy atom. The van der Waals surface area contributed by atoms with E-state index in [1.165, 1.54) is 19.1 Å². The molecular weight excluding hydrogens is 382 g/mol. The van der Waals surface area contributed by atoms with E-state index in [9.17, 15) is 28.5 Å². The van der Waals surface area contributed by atoms with Crippen LogP contribution in [0.15, 0.2) is 41.3 Å². The van der Waals surface area contributed by atoms with Crippen LogP contribution in [0.2, 0.25) is 0 Å². The van der Waals surface area contributed by atoms with E-state index in [0.717, 1.165) is 36.0 Å². The van der Waals surface area contributed by atoms with Crippen LogP contribution in [-0.2, 0) is 9.53 Å². The Labute approximate surface area is 156 Å². The van der Waals surface area contributed by atoms with Crippen molar-refractivity contribution in [2.45, 2.75) is 17.9 Å². The average molecular weight is 396 g/mol. The summed E-state index contributed by atoms with van der Waals surface area (Å²) >= 11 is 1.14. The lowest BCUT2D eigenvalue weighted by Crippen LogP contribution is -2.30. The Hall–Kier alpha value is -3.01. The Balaban J connectivity index is 2.12. The maximum absolute atomic E-state index is 13.6. The van der Waals surface area contributed by atoms with Crippen molar-refractivity contribution in [3.8, 4) is 0 Å². The fourth-order valence-electron chi connectivity index (χ4n) is 2.08. The summed E-state index contributed by atoms with van der Waals surface area (Å²) in [4.78, 5) is 34.9. The third kappa shape index (κ3) is 4.79. The maximum Gasteiger partial charge on any atom is 0.339 e. The van der Waals surface area contributed by atoms with Crippen LogP contribution in [0.4, 0.5) is 20.2 Å². The van der Waals surface area contributed by atoms with Crippen molar-refractivity contribution < 1.29 is 28.0 Å². The van der Waals surface area contributed by atoms with Gasteiger partial charge in [0.1, 0.15) is 17.3 Å². The SMILES string of the molecule is CSc1ccc(C(=O)O[C@H](C)C(=O)Nc2c(F)cccc2F)cc1[N+](=O)[O-]. The van der Waals surface area contributed by atoms with E-state index in [0.29, 0.717) is 4.90 Å². The zero-order valence-electron chi connectivity index (χ0n) is 14.2. The number of thioether (sulfide) groups is 1. The van der Waals surface area contributed by atoms with Gasteiger partial charge in [-0.2, -0.15) is 0 Å². The van der Waals surface area contributed by atoms with Crippen molar-refractivity contribution >= 4 is 35.0 Å². The van der Waals surface area contributed by atoms with Crippen molar-refractivity contribution in [3.63, 3.8) is 0 Å². The van der Waals surface area contributed by atoms with E-state index in [1.54, 1.807) is 6.26 Å².